The quantitative estimate of drug-likeness (QED) is 0.0488. The number of hydrogen-bond donors (Lipinski definition) is 0. The fourth-order valence-electron chi connectivity index (χ4n) is 4.44. The van der Waals surface area contributed by atoms with Crippen molar-refractivity contribution >= 4 is 23.9 Å². The van der Waals surface area contributed by atoms with Gasteiger partial charge in [0.1, 0.15) is 23.0 Å². The lowest BCUT2D eigenvalue weighted by Crippen LogP contribution is -2.10. The molecule has 0 heterocycles. The Morgan fingerprint density at radius 1 is 0.583 bits per heavy atom. The molecule has 10 nitrogen and oxygen atoms in total. The summed E-state index contributed by atoms with van der Waals surface area (Å²) in [7, 11) is 0. The molecule has 0 unspecified atom stereocenters. The van der Waals surface area contributed by atoms with Gasteiger partial charge in [0.2, 0.25) is 0 Å². The molecule has 0 radical (unpaired) electrons. The SMILES string of the molecule is C=CC(=O)OCCCCCCOc1ccc(C(=O)Oc2ccc(OC(=O)c3ccc(OCCCCCCOC(C)=O)cc3)c(C)c2)cc1. The molecule has 0 aromatic heterocycles. The van der Waals surface area contributed by atoms with Crippen molar-refractivity contribution in [3.8, 4) is 23.0 Å². The summed E-state index contributed by atoms with van der Waals surface area (Å²) in [5.41, 5.74) is 1.37. The highest BCUT2D eigenvalue weighted by Crippen LogP contribution is 2.26. The number of aryl methyl sites for hydroxylation is 1. The Hall–Kier alpha value is -5.12. The van der Waals surface area contributed by atoms with E-state index in [0.29, 0.717) is 66.1 Å². The van der Waals surface area contributed by atoms with E-state index in [1.165, 1.54) is 6.92 Å². The Morgan fingerprint density at radius 3 is 1.52 bits per heavy atom. The lowest BCUT2D eigenvalue weighted by atomic mass is 10.2. The van der Waals surface area contributed by atoms with Gasteiger partial charge in [-0.2, -0.15) is 0 Å². The van der Waals surface area contributed by atoms with Crippen LogP contribution >= 0.6 is 0 Å². The predicted molar refractivity (Wildman–Crippen MR) is 180 cm³/mol. The van der Waals surface area contributed by atoms with Gasteiger partial charge < -0.3 is 28.4 Å². The van der Waals surface area contributed by atoms with Crippen molar-refractivity contribution < 1.29 is 47.6 Å². The van der Waals surface area contributed by atoms with Gasteiger partial charge in [-0.25, -0.2) is 14.4 Å². The van der Waals surface area contributed by atoms with Crippen LogP contribution in [0.3, 0.4) is 0 Å². The summed E-state index contributed by atoms with van der Waals surface area (Å²) in [6.07, 6.45) is 8.30. The summed E-state index contributed by atoms with van der Waals surface area (Å²) in [6, 6.07) is 18.3. The highest BCUT2D eigenvalue weighted by Gasteiger charge is 2.14. The highest BCUT2D eigenvalue weighted by molar-refractivity contribution is 5.92. The number of unbranched alkanes of at least 4 members (excludes halogenated alkanes) is 6. The van der Waals surface area contributed by atoms with E-state index < -0.39 is 17.9 Å². The maximum Gasteiger partial charge on any atom is 0.343 e. The van der Waals surface area contributed by atoms with E-state index in [1.807, 2.05) is 0 Å². The molecule has 0 bridgehead atoms. The smallest absolute Gasteiger partial charge is 0.343 e. The van der Waals surface area contributed by atoms with Gasteiger partial charge in [-0.15, -0.1) is 0 Å². The summed E-state index contributed by atoms with van der Waals surface area (Å²) >= 11 is 0. The topological polar surface area (TPSA) is 124 Å². The zero-order valence-corrected chi connectivity index (χ0v) is 27.7. The fraction of sp³-hybridized carbons (Fsp3) is 0.368. The Bertz CT molecular complexity index is 1480. The zero-order chi connectivity index (χ0) is 34.6. The maximum atomic E-state index is 12.7. The van der Waals surface area contributed by atoms with Gasteiger partial charge in [0.05, 0.1) is 37.6 Å². The molecule has 0 saturated heterocycles. The molecule has 3 aromatic rings. The number of ether oxygens (including phenoxy) is 6. The van der Waals surface area contributed by atoms with Crippen LogP contribution in [-0.2, 0) is 19.1 Å². The van der Waals surface area contributed by atoms with Crippen LogP contribution in [0, 0.1) is 6.92 Å². The van der Waals surface area contributed by atoms with Crippen molar-refractivity contribution in [1.82, 2.24) is 0 Å². The third-order valence-electron chi connectivity index (χ3n) is 7.07. The van der Waals surface area contributed by atoms with Crippen LogP contribution in [0.5, 0.6) is 23.0 Å². The van der Waals surface area contributed by atoms with Gasteiger partial charge in [-0.05, 0) is 131 Å². The molecule has 3 rings (SSSR count). The second-order valence-corrected chi connectivity index (χ2v) is 11.0. The van der Waals surface area contributed by atoms with E-state index >= 15 is 0 Å². The number of hydrogen-bond acceptors (Lipinski definition) is 10. The van der Waals surface area contributed by atoms with Gasteiger partial charge >= 0.3 is 23.9 Å². The van der Waals surface area contributed by atoms with Crippen molar-refractivity contribution in [2.45, 2.75) is 65.2 Å². The fourth-order valence-corrected chi connectivity index (χ4v) is 4.44. The third-order valence-corrected chi connectivity index (χ3v) is 7.07. The van der Waals surface area contributed by atoms with Gasteiger partial charge in [-0.1, -0.05) is 6.58 Å². The second-order valence-electron chi connectivity index (χ2n) is 11.0. The highest BCUT2D eigenvalue weighted by atomic mass is 16.5. The standard InChI is InChI=1S/C38H44O10/c1-4-36(40)46-26-12-8-7-11-25-44-32-17-13-30(14-18-32)37(41)47-34-21-22-35(28(2)27-34)48-38(42)31-15-19-33(20-16-31)45-24-10-6-5-9-23-43-29(3)39/h4,13-22,27H,1,5-12,23-26H2,2-3H3. The van der Waals surface area contributed by atoms with Gasteiger partial charge in [0.25, 0.3) is 0 Å². The molecular formula is C38H44O10. The summed E-state index contributed by atoms with van der Waals surface area (Å²) in [6.45, 7) is 8.45. The van der Waals surface area contributed by atoms with Crippen LogP contribution in [-0.4, -0.2) is 50.3 Å². The molecule has 256 valence electrons. The lowest BCUT2D eigenvalue weighted by molar-refractivity contribution is -0.141. The average molecular weight is 661 g/mol. The van der Waals surface area contributed by atoms with E-state index in [0.717, 1.165) is 57.4 Å². The Balaban J connectivity index is 1.36. The first-order chi connectivity index (χ1) is 23.2. The number of carbonyl (C=O) groups is 4. The normalized spacial score (nSPS) is 10.5. The van der Waals surface area contributed by atoms with Crippen LogP contribution in [0.1, 0.15) is 84.6 Å². The van der Waals surface area contributed by atoms with Crippen molar-refractivity contribution in [3.63, 3.8) is 0 Å². The summed E-state index contributed by atoms with van der Waals surface area (Å²) in [5, 5.41) is 0. The van der Waals surface area contributed by atoms with Crippen LogP contribution in [0.2, 0.25) is 0 Å². The molecule has 0 amide bonds. The molecule has 48 heavy (non-hydrogen) atoms. The molecule has 10 heteroatoms. The van der Waals surface area contributed by atoms with Gasteiger partial charge in [0, 0.05) is 13.0 Å². The Morgan fingerprint density at radius 2 is 1.04 bits per heavy atom. The molecule has 0 aliphatic carbocycles. The monoisotopic (exact) mass is 660 g/mol. The molecule has 3 aromatic carbocycles. The number of esters is 4. The van der Waals surface area contributed by atoms with Crippen molar-refractivity contribution in [2.24, 2.45) is 0 Å². The Kier molecular flexibility index (Phi) is 16.3. The first-order valence-corrected chi connectivity index (χ1v) is 16.2. The van der Waals surface area contributed by atoms with Crippen LogP contribution in [0.4, 0.5) is 0 Å². The van der Waals surface area contributed by atoms with Gasteiger partial charge in [-0.3, -0.25) is 4.79 Å². The summed E-state index contributed by atoms with van der Waals surface area (Å²) in [4.78, 5) is 47.2. The Labute approximate surface area is 281 Å². The van der Waals surface area contributed by atoms with E-state index in [9.17, 15) is 19.2 Å². The van der Waals surface area contributed by atoms with Crippen LogP contribution in [0.15, 0.2) is 79.4 Å². The molecule has 0 saturated carbocycles. The molecule has 0 spiro atoms. The first kappa shape index (κ1) is 37.3. The lowest BCUT2D eigenvalue weighted by Gasteiger charge is -2.11. The van der Waals surface area contributed by atoms with Crippen molar-refractivity contribution in [2.75, 3.05) is 26.4 Å². The molecule has 0 atom stereocenters. The van der Waals surface area contributed by atoms with Crippen molar-refractivity contribution in [3.05, 3.63) is 96.1 Å². The molecule has 0 aliphatic rings. The summed E-state index contributed by atoms with van der Waals surface area (Å²) in [5.74, 6) is 0.278. The number of benzene rings is 3. The average Bonchev–Trinajstić information content (AvgIpc) is 3.08. The van der Waals surface area contributed by atoms with Crippen molar-refractivity contribution in [1.29, 1.82) is 0 Å². The molecular weight excluding hydrogens is 616 g/mol. The summed E-state index contributed by atoms with van der Waals surface area (Å²) < 4.78 is 32.5. The first-order valence-electron chi connectivity index (χ1n) is 16.2. The molecule has 0 N–H and O–H groups in total. The van der Waals surface area contributed by atoms with E-state index in [4.69, 9.17) is 28.4 Å². The third kappa shape index (κ3) is 14.1. The zero-order valence-electron chi connectivity index (χ0n) is 27.7. The molecule has 0 aliphatic heterocycles. The minimum Gasteiger partial charge on any atom is -0.494 e. The number of rotatable bonds is 21. The van der Waals surface area contributed by atoms with E-state index in [-0.39, 0.29) is 5.97 Å². The minimum absolute atomic E-state index is 0.258. The predicted octanol–water partition coefficient (Wildman–Crippen LogP) is 7.60. The van der Waals surface area contributed by atoms with Gasteiger partial charge in [0.15, 0.2) is 0 Å². The molecule has 0 fully saturated rings. The minimum atomic E-state index is -0.524. The number of carbonyl (C=O) groups excluding carboxylic acids is 4. The largest absolute Gasteiger partial charge is 0.494 e. The van der Waals surface area contributed by atoms with E-state index in [2.05, 4.69) is 6.58 Å². The van der Waals surface area contributed by atoms with Crippen LogP contribution in [0.25, 0.3) is 0 Å². The second kappa shape index (κ2) is 20.9. The van der Waals surface area contributed by atoms with E-state index in [1.54, 1.807) is 73.7 Å². The maximum absolute atomic E-state index is 12.7. The van der Waals surface area contributed by atoms with Crippen LogP contribution < -0.4 is 18.9 Å².